The van der Waals surface area contributed by atoms with Crippen molar-refractivity contribution in [2.45, 2.75) is 52.6 Å². The number of pyridine rings is 2. The molecule has 6 aromatic rings. The minimum Gasteiger partial charge on any atom is -0.790 e. The Morgan fingerprint density at radius 1 is 0.662 bits per heavy atom. The van der Waals surface area contributed by atoms with E-state index >= 15 is 0 Å². The van der Waals surface area contributed by atoms with E-state index in [1.54, 1.807) is 38.4 Å². The van der Waals surface area contributed by atoms with Gasteiger partial charge >= 0.3 is 96.9 Å². The first kappa shape index (κ1) is 60.2. The Kier molecular flexibility index (Phi) is 22.3. The molecule has 0 atom stereocenters. The molecule has 71 heavy (non-hydrogen) atoms. The Morgan fingerprint density at radius 3 is 1.38 bits per heavy atom. The molecule has 20 nitrogen and oxygen atoms in total. The normalized spacial score (nSPS) is 13.5. The van der Waals surface area contributed by atoms with Crippen molar-refractivity contribution >= 4 is 123 Å². The van der Waals surface area contributed by atoms with E-state index in [2.05, 4.69) is 19.0 Å². The number of fused-ring (bicyclic) bond motifs is 4. The molecule has 25 heteroatoms. The van der Waals surface area contributed by atoms with Crippen molar-refractivity contribution in [3.05, 3.63) is 130 Å². The number of phosphoric acid groups is 2. The van der Waals surface area contributed by atoms with Crippen molar-refractivity contribution < 1.29 is 125 Å². The maximum Gasteiger partial charge on any atom is 2.00 e. The summed E-state index contributed by atoms with van der Waals surface area (Å²) in [7, 11) is -7.10. The molecule has 0 fully saturated rings. The number of phosphoric ester groups is 2. The Labute approximate surface area is 482 Å². The van der Waals surface area contributed by atoms with E-state index in [4.69, 9.17) is 8.83 Å². The van der Waals surface area contributed by atoms with E-state index in [0.29, 0.717) is 59.7 Å². The maximum atomic E-state index is 12.6. The third-order valence-electron chi connectivity index (χ3n) is 11.2. The molecule has 2 aliphatic rings. The molecule has 2 aromatic carbocycles. The number of rotatable bonds is 14. The van der Waals surface area contributed by atoms with Crippen LogP contribution in [0, 0.1) is 13.8 Å². The number of benzene rings is 2. The zero-order valence-corrected chi connectivity index (χ0v) is 47.9. The standard InChI is InChI=1S/2C23H24N3O7P.Ca.2Na/c2*1-15-18-5-3-4-6-19(18)33-20(15)13-25(2)21(27)9-7-16-11-17-8-10-22(28)26(23(17)24-12-16)14-32-34(29,30)31;;;/h2*3-7,9,11-12H,8,10,13-14H2,1-2H3,(H2,29,30,31);;;/q;;+2;2*+1/p-4/b2*9-7+;;;. The number of furan rings is 2. The first-order chi connectivity index (χ1) is 32.2. The summed E-state index contributed by atoms with van der Waals surface area (Å²) in [5.41, 5.74) is 6.16. The van der Waals surface area contributed by atoms with Crippen LogP contribution in [0.4, 0.5) is 11.6 Å². The van der Waals surface area contributed by atoms with E-state index in [-0.39, 0.29) is 133 Å². The quantitative estimate of drug-likeness (QED) is 0.0615. The van der Waals surface area contributed by atoms with Crippen molar-refractivity contribution in [2.24, 2.45) is 0 Å². The topological polar surface area (TPSA) is 278 Å². The molecule has 0 N–H and O–H groups in total. The zero-order chi connectivity index (χ0) is 48.9. The van der Waals surface area contributed by atoms with E-state index in [1.807, 2.05) is 62.4 Å². The monoisotopic (exact) mass is 1050 g/mol. The maximum absolute atomic E-state index is 12.6. The van der Waals surface area contributed by atoms with Crippen LogP contribution < -0.4 is 88.5 Å². The van der Waals surface area contributed by atoms with Crippen LogP contribution in [-0.2, 0) is 63.3 Å². The molecule has 0 aliphatic carbocycles. The second-order valence-electron chi connectivity index (χ2n) is 15.9. The van der Waals surface area contributed by atoms with Gasteiger partial charge in [-0.25, -0.2) is 9.97 Å². The third kappa shape index (κ3) is 15.8. The van der Waals surface area contributed by atoms with Crippen LogP contribution in [0.2, 0.25) is 0 Å². The van der Waals surface area contributed by atoms with Crippen molar-refractivity contribution in [3.8, 4) is 0 Å². The molecular weight excluding hydrogens is 1010 g/mol. The molecule has 356 valence electrons. The summed E-state index contributed by atoms with van der Waals surface area (Å²) in [5, 5.41) is 2.03. The van der Waals surface area contributed by atoms with Gasteiger partial charge in [0.15, 0.2) is 0 Å². The van der Waals surface area contributed by atoms with Crippen LogP contribution in [0.1, 0.15) is 57.7 Å². The molecular formula is C46H44CaN6Na2O14P2. The Hall–Kier alpha value is -3.34. The second-order valence-corrected chi connectivity index (χ2v) is 18.2. The Balaban J connectivity index is 0.000000296. The van der Waals surface area contributed by atoms with Crippen LogP contribution in [0.25, 0.3) is 34.1 Å². The molecule has 4 aromatic heterocycles. The van der Waals surface area contributed by atoms with Crippen molar-refractivity contribution in [3.63, 3.8) is 0 Å². The predicted octanol–water partition coefficient (Wildman–Crippen LogP) is -2.59. The minimum absolute atomic E-state index is 0. The third-order valence-corrected chi connectivity index (χ3v) is 12.0. The molecule has 2 aliphatic heterocycles. The number of amides is 4. The molecule has 6 heterocycles. The summed E-state index contributed by atoms with van der Waals surface area (Å²) >= 11 is 0. The Bertz CT molecular complexity index is 2880. The summed E-state index contributed by atoms with van der Waals surface area (Å²) in [6.07, 6.45) is 9.98. The predicted molar refractivity (Wildman–Crippen MR) is 246 cm³/mol. The fourth-order valence-corrected chi connectivity index (χ4v) is 8.03. The van der Waals surface area contributed by atoms with Crippen LogP contribution in [0.15, 0.2) is 94.0 Å². The molecule has 0 saturated heterocycles. The van der Waals surface area contributed by atoms with E-state index in [1.165, 1.54) is 34.3 Å². The van der Waals surface area contributed by atoms with Crippen LogP contribution in [0.5, 0.6) is 0 Å². The fourth-order valence-electron chi connectivity index (χ4n) is 7.52. The number of likely N-dealkylation sites (N-methyl/N-ethyl adjacent to an activating group) is 2. The SMILES string of the molecule is Cc1c(CN(C)C(=O)/C=C/c2cnc3c(c2)CCC(=O)N3COP(=O)([O-])[O-])oc2ccccc12.Cc1c(CN(C)C(=O)/C=C/c2cnc3c(c2)CCC(=O)N3COP(=O)([O-])[O-])oc2ccccc12.[Ca+2].[Na+].[Na+]. The van der Waals surface area contributed by atoms with Gasteiger partial charge in [-0.1, -0.05) is 36.4 Å². The molecule has 0 unspecified atom stereocenters. The van der Waals surface area contributed by atoms with Crippen LogP contribution in [0.3, 0.4) is 0 Å². The second kappa shape index (κ2) is 26.2. The van der Waals surface area contributed by atoms with Gasteiger partial charge in [0.1, 0.15) is 47.8 Å². The molecule has 8 rings (SSSR count). The molecule has 4 amide bonds. The number of nitrogens with zero attached hydrogens (tertiary/aromatic N) is 6. The molecule has 0 bridgehead atoms. The van der Waals surface area contributed by atoms with E-state index < -0.39 is 40.9 Å². The van der Waals surface area contributed by atoms with Gasteiger partial charge in [-0.2, -0.15) is 0 Å². The van der Waals surface area contributed by atoms with Crippen molar-refractivity contribution in [1.82, 2.24) is 19.8 Å². The van der Waals surface area contributed by atoms with Gasteiger partial charge < -0.3 is 56.4 Å². The summed E-state index contributed by atoms with van der Waals surface area (Å²) in [5.74, 6) is 0.635. The van der Waals surface area contributed by atoms with Gasteiger partial charge in [0, 0.05) is 73.4 Å². The van der Waals surface area contributed by atoms with Gasteiger partial charge in [0.05, 0.1) is 28.7 Å². The number of para-hydroxylation sites is 2. The Morgan fingerprint density at radius 2 is 1.03 bits per heavy atom. The minimum atomic E-state index is -5.23. The molecule has 0 saturated carbocycles. The smallest absolute Gasteiger partial charge is 0.790 e. The fraction of sp³-hybridized carbons (Fsp3) is 0.261. The number of aromatic nitrogens is 2. The largest absolute Gasteiger partial charge is 2.00 e. The zero-order valence-electron chi connectivity index (χ0n) is 39.9. The number of anilines is 2. The number of aryl methyl sites for hydroxylation is 4. The summed E-state index contributed by atoms with van der Waals surface area (Å²) in [4.78, 5) is 106. The first-order valence-electron chi connectivity index (χ1n) is 21.0. The van der Waals surface area contributed by atoms with E-state index in [0.717, 1.165) is 42.9 Å². The summed E-state index contributed by atoms with van der Waals surface area (Å²) < 4.78 is 41.8. The molecule has 0 radical (unpaired) electrons. The van der Waals surface area contributed by atoms with Crippen LogP contribution >= 0.6 is 15.6 Å². The number of carbonyl (C=O) groups is 4. The van der Waals surface area contributed by atoms with Gasteiger partial charge in [-0.3, -0.25) is 29.0 Å². The van der Waals surface area contributed by atoms with Crippen molar-refractivity contribution in [2.75, 3.05) is 37.4 Å². The summed E-state index contributed by atoms with van der Waals surface area (Å²) in [6.45, 7) is 3.10. The van der Waals surface area contributed by atoms with E-state index in [9.17, 15) is 47.9 Å². The average molecular weight is 1050 g/mol. The van der Waals surface area contributed by atoms with Crippen LogP contribution in [-0.4, -0.2) is 109 Å². The average Bonchev–Trinajstić information content (AvgIpc) is 3.79. The van der Waals surface area contributed by atoms with Gasteiger partial charge in [-0.05, 0) is 85.4 Å². The number of carbonyl (C=O) groups excluding carboxylic acids is 4. The number of hydrogen-bond donors (Lipinski definition) is 0. The summed E-state index contributed by atoms with van der Waals surface area (Å²) in [6, 6.07) is 18.9. The number of hydrogen-bond acceptors (Lipinski definition) is 16. The van der Waals surface area contributed by atoms with Crippen molar-refractivity contribution in [1.29, 1.82) is 0 Å². The van der Waals surface area contributed by atoms with Gasteiger partial charge in [0.2, 0.25) is 23.6 Å². The molecule has 0 spiro atoms. The van der Waals surface area contributed by atoms with Gasteiger partial charge in [0.25, 0.3) is 0 Å². The van der Waals surface area contributed by atoms with Gasteiger partial charge in [-0.15, -0.1) is 0 Å². The first-order valence-corrected chi connectivity index (χ1v) is 23.9.